The van der Waals surface area contributed by atoms with Crippen LogP contribution in [0.1, 0.15) is 40.5 Å². The van der Waals surface area contributed by atoms with E-state index in [1.807, 2.05) is 32.1 Å². The summed E-state index contributed by atoms with van der Waals surface area (Å²) in [5.74, 6) is 0.211. The molecule has 2 aliphatic rings. The lowest BCUT2D eigenvalue weighted by Gasteiger charge is -2.40. The van der Waals surface area contributed by atoms with Crippen molar-refractivity contribution in [3.63, 3.8) is 0 Å². The Hall–Kier alpha value is -0.800. The van der Waals surface area contributed by atoms with Crippen LogP contribution in [0.25, 0.3) is 0 Å². The van der Waals surface area contributed by atoms with E-state index in [9.17, 15) is 5.11 Å². The zero-order valence-corrected chi connectivity index (χ0v) is 20.3. The Balaban J connectivity index is 1.96. The van der Waals surface area contributed by atoms with Crippen molar-refractivity contribution in [3.05, 3.63) is 23.8 Å². The van der Waals surface area contributed by atoms with Crippen molar-refractivity contribution in [2.24, 2.45) is 11.8 Å². The molecule has 31 heavy (non-hydrogen) atoms. The van der Waals surface area contributed by atoms with Gasteiger partial charge in [0.25, 0.3) is 0 Å². The van der Waals surface area contributed by atoms with Crippen molar-refractivity contribution in [3.8, 4) is 0 Å². The number of aliphatic hydroxyl groups is 1. The van der Waals surface area contributed by atoms with Crippen LogP contribution in [-0.2, 0) is 28.4 Å². The Morgan fingerprint density at radius 3 is 2.32 bits per heavy atom. The first-order valence-corrected chi connectivity index (χ1v) is 11.3. The van der Waals surface area contributed by atoms with Crippen molar-refractivity contribution in [1.29, 1.82) is 0 Å². The minimum absolute atomic E-state index is 0.0437. The average molecular weight is 443 g/mol. The molecule has 7 nitrogen and oxygen atoms in total. The van der Waals surface area contributed by atoms with Gasteiger partial charge in [0, 0.05) is 46.7 Å². The van der Waals surface area contributed by atoms with Crippen LogP contribution < -0.4 is 0 Å². The second-order valence-electron chi connectivity index (χ2n) is 8.68. The first-order chi connectivity index (χ1) is 14.8. The molecule has 7 heteroatoms. The van der Waals surface area contributed by atoms with Crippen molar-refractivity contribution in [2.75, 3.05) is 28.4 Å². The Morgan fingerprint density at radius 1 is 1.06 bits per heavy atom. The molecule has 2 fully saturated rings. The summed E-state index contributed by atoms with van der Waals surface area (Å²) < 4.78 is 34.0. The predicted octanol–water partition coefficient (Wildman–Crippen LogP) is 3.11. The summed E-state index contributed by atoms with van der Waals surface area (Å²) in [6, 6.07) is 0. The van der Waals surface area contributed by atoms with Gasteiger partial charge in [-0.05, 0) is 18.9 Å². The number of allylic oxidation sites excluding steroid dienone is 2. The molecule has 0 aromatic heterocycles. The smallest absolute Gasteiger partial charge is 0.160 e. The molecular formula is C24H42O7. The number of hydrogen-bond donors (Lipinski definition) is 1. The van der Waals surface area contributed by atoms with Crippen LogP contribution in [0.3, 0.4) is 0 Å². The van der Waals surface area contributed by atoms with Crippen LogP contribution in [0.2, 0.25) is 0 Å². The molecule has 2 saturated heterocycles. The number of methoxy groups -OCH3 is 4. The third kappa shape index (κ3) is 6.60. The highest BCUT2D eigenvalue weighted by Crippen LogP contribution is 2.37. The van der Waals surface area contributed by atoms with E-state index < -0.39 is 6.10 Å². The van der Waals surface area contributed by atoms with Gasteiger partial charge >= 0.3 is 0 Å². The molecule has 2 aliphatic heterocycles. The molecule has 0 aromatic rings. The first-order valence-electron chi connectivity index (χ1n) is 11.3. The summed E-state index contributed by atoms with van der Waals surface area (Å²) in [6.07, 6.45) is 6.08. The van der Waals surface area contributed by atoms with E-state index >= 15 is 0 Å². The maximum Gasteiger partial charge on any atom is 0.160 e. The van der Waals surface area contributed by atoms with Crippen molar-refractivity contribution in [2.45, 2.75) is 89.6 Å². The van der Waals surface area contributed by atoms with Crippen molar-refractivity contribution >= 4 is 0 Å². The normalized spacial score (nSPS) is 35.7. The Bertz CT molecular complexity index is 588. The Labute approximate surface area is 187 Å². The van der Waals surface area contributed by atoms with Crippen molar-refractivity contribution in [1.82, 2.24) is 0 Å². The molecule has 1 N–H and O–H groups in total. The minimum atomic E-state index is -0.555. The van der Waals surface area contributed by atoms with Crippen LogP contribution >= 0.6 is 0 Å². The SMILES string of the molecule is CC[C@H](OC)[C@@H](C)[C@@H]1O[C@H]1[C@H](O)[C@@H](C)/C=C/C=C(\C)[C@H]1O[C@@H](OC)C[C@H](OC)[C@@H]1OC. The molecule has 0 aliphatic carbocycles. The van der Waals surface area contributed by atoms with Gasteiger partial charge in [0.1, 0.15) is 18.3 Å². The lowest BCUT2D eigenvalue weighted by molar-refractivity contribution is -0.241. The van der Waals surface area contributed by atoms with Crippen molar-refractivity contribution < 1.29 is 33.5 Å². The largest absolute Gasteiger partial charge is 0.390 e. The van der Waals surface area contributed by atoms with Crippen LogP contribution in [0.5, 0.6) is 0 Å². The third-order valence-corrected chi connectivity index (χ3v) is 6.69. The lowest BCUT2D eigenvalue weighted by atomic mass is 9.91. The summed E-state index contributed by atoms with van der Waals surface area (Å²) in [5, 5.41) is 10.7. The summed E-state index contributed by atoms with van der Waals surface area (Å²) >= 11 is 0. The second kappa shape index (κ2) is 12.4. The van der Waals surface area contributed by atoms with Gasteiger partial charge in [-0.15, -0.1) is 0 Å². The van der Waals surface area contributed by atoms with Gasteiger partial charge in [-0.2, -0.15) is 0 Å². The Kier molecular flexibility index (Phi) is 10.6. The number of aliphatic hydroxyl groups excluding tert-OH is 1. The second-order valence-corrected chi connectivity index (χ2v) is 8.68. The van der Waals surface area contributed by atoms with Crippen LogP contribution in [0.15, 0.2) is 23.8 Å². The van der Waals surface area contributed by atoms with Gasteiger partial charge in [0.15, 0.2) is 6.29 Å². The average Bonchev–Trinajstić information content (AvgIpc) is 3.58. The Morgan fingerprint density at radius 2 is 1.77 bits per heavy atom. The molecule has 0 saturated carbocycles. The van der Waals surface area contributed by atoms with E-state index in [1.54, 1.807) is 28.4 Å². The van der Waals surface area contributed by atoms with E-state index in [1.165, 1.54) is 0 Å². The quantitative estimate of drug-likeness (QED) is 0.367. The lowest BCUT2D eigenvalue weighted by Crippen LogP contribution is -2.51. The molecule has 10 atom stereocenters. The van der Waals surface area contributed by atoms with E-state index in [0.717, 1.165) is 12.0 Å². The monoisotopic (exact) mass is 442 g/mol. The summed E-state index contributed by atoms with van der Waals surface area (Å²) in [7, 11) is 6.71. The molecule has 0 bridgehead atoms. The minimum Gasteiger partial charge on any atom is -0.390 e. The fraction of sp³-hybridized carbons (Fsp3) is 0.833. The molecule has 0 amide bonds. The molecular weight excluding hydrogens is 400 g/mol. The fourth-order valence-corrected chi connectivity index (χ4v) is 4.53. The van der Waals surface area contributed by atoms with Gasteiger partial charge in [0.2, 0.25) is 0 Å². The van der Waals surface area contributed by atoms with Gasteiger partial charge in [-0.25, -0.2) is 0 Å². The van der Waals surface area contributed by atoms with E-state index in [2.05, 4.69) is 13.8 Å². The molecule has 180 valence electrons. The first kappa shape index (κ1) is 26.5. The molecule has 0 unspecified atom stereocenters. The molecule has 2 rings (SSSR count). The highest BCUT2D eigenvalue weighted by molar-refractivity contribution is 5.18. The highest BCUT2D eigenvalue weighted by Gasteiger charge is 2.50. The molecule has 0 spiro atoms. The molecule has 0 aromatic carbocycles. The number of epoxide rings is 1. The van der Waals surface area contributed by atoms with Gasteiger partial charge < -0.3 is 33.5 Å². The van der Waals surface area contributed by atoms with Gasteiger partial charge in [0.05, 0.1) is 24.4 Å². The van der Waals surface area contributed by atoms with E-state index in [4.69, 9.17) is 28.4 Å². The summed E-state index contributed by atoms with van der Waals surface area (Å²) in [5.41, 5.74) is 1.01. The molecule has 0 radical (unpaired) electrons. The topological polar surface area (TPSA) is 78.9 Å². The van der Waals surface area contributed by atoms with Crippen LogP contribution in [-0.4, -0.2) is 82.6 Å². The van der Waals surface area contributed by atoms with Gasteiger partial charge in [-0.3, -0.25) is 0 Å². The van der Waals surface area contributed by atoms with Gasteiger partial charge in [-0.1, -0.05) is 39.0 Å². The predicted molar refractivity (Wildman–Crippen MR) is 119 cm³/mol. The number of hydrogen-bond acceptors (Lipinski definition) is 7. The fourth-order valence-electron chi connectivity index (χ4n) is 4.53. The van der Waals surface area contributed by atoms with Crippen LogP contribution in [0, 0.1) is 11.8 Å². The zero-order valence-electron chi connectivity index (χ0n) is 20.3. The number of rotatable bonds is 12. The summed E-state index contributed by atoms with van der Waals surface area (Å²) in [4.78, 5) is 0. The highest BCUT2D eigenvalue weighted by atomic mass is 16.7. The van der Waals surface area contributed by atoms with Crippen LogP contribution in [0.4, 0.5) is 0 Å². The maximum atomic E-state index is 10.7. The standard InChI is InChI=1S/C24H42O7/c1-9-17(26-5)16(4)22-24(31-22)20(25)14(2)11-10-12-15(3)21-23(29-8)18(27-6)13-19(28-7)30-21/h10-12,14,16-25H,9,13H2,1-8H3/b11-10+,15-12+/t14-,16+,17-,18-,19+,20+,21+,22-,23-,24-/m0/s1. The third-order valence-electron chi connectivity index (χ3n) is 6.69. The van der Waals surface area contributed by atoms with E-state index in [-0.39, 0.29) is 54.7 Å². The summed E-state index contributed by atoms with van der Waals surface area (Å²) in [6.45, 7) is 8.23. The maximum absolute atomic E-state index is 10.7. The molecule has 2 heterocycles. The zero-order chi connectivity index (χ0) is 23.1. The van der Waals surface area contributed by atoms with E-state index in [0.29, 0.717) is 6.42 Å². The number of ether oxygens (including phenoxy) is 6.